The van der Waals surface area contributed by atoms with Gasteiger partial charge in [-0.1, -0.05) is 18.2 Å². The number of carbonyl (C=O) groups is 1. The quantitative estimate of drug-likeness (QED) is 0.932. The van der Waals surface area contributed by atoms with Gasteiger partial charge in [0.2, 0.25) is 5.91 Å². The lowest BCUT2D eigenvalue weighted by Crippen LogP contribution is -2.48. The van der Waals surface area contributed by atoms with E-state index in [1.54, 1.807) is 6.92 Å². The highest BCUT2D eigenvalue weighted by atomic mass is 16.2. The molecular formula is C19H25N5O. The fourth-order valence-corrected chi connectivity index (χ4v) is 3.17. The van der Waals surface area contributed by atoms with Crippen LogP contribution in [0, 0.1) is 20.8 Å². The van der Waals surface area contributed by atoms with E-state index in [0.29, 0.717) is 0 Å². The Labute approximate surface area is 148 Å². The van der Waals surface area contributed by atoms with Crippen molar-refractivity contribution < 1.29 is 4.79 Å². The van der Waals surface area contributed by atoms with Crippen LogP contribution in [0.1, 0.15) is 23.9 Å². The van der Waals surface area contributed by atoms with Crippen LogP contribution in [-0.2, 0) is 4.79 Å². The SMILES string of the molecule is CC(=O)N1CCN(c2cc(Nc3c(C)cccc3C)nc(C)n2)CC1. The lowest BCUT2D eigenvalue weighted by atomic mass is 10.1. The molecule has 0 unspecified atom stereocenters. The number of piperazine rings is 1. The molecule has 2 aromatic rings. The Hall–Kier alpha value is -2.63. The smallest absolute Gasteiger partial charge is 0.219 e. The van der Waals surface area contributed by atoms with Gasteiger partial charge in [0.1, 0.15) is 17.5 Å². The van der Waals surface area contributed by atoms with E-state index in [1.165, 1.54) is 11.1 Å². The molecule has 3 rings (SSSR count). The molecule has 6 heteroatoms. The molecule has 0 atom stereocenters. The van der Waals surface area contributed by atoms with Crippen molar-refractivity contribution in [1.82, 2.24) is 14.9 Å². The molecule has 1 saturated heterocycles. The van der Waals surface area contributed by atoms with Gasteiger partial charge < -0.3 is 15.1 Å². The molecule has 6 nitrogen and oxygen atoms in total. The first-order valence-electron chi connectivity index (χ1n) is 8.63. The van der Waals surface area contributed by atoms with Crippen molar-refractivity contribution in [2.24, 2.45) is 0 Å². The minimum Gasteiger partial charge on any atom is -0.353 e. The number of rotatable bonds is 3. The molecular weight excluding hydrogens is 314 g/mol. The Morgan fingerprint density at radius 1 is 1.04 bits per heavy atom. The maximum absolute atomic E-state index is 11.5. The molecule has 0 spiro atoms. The maximum Gasteiger partial charge on any atom is 0.219 e. The van der Waals surface area contributed by atoms with Gasteiger partial charge in [0.05, 0.1) is 0 Å². The molecule has 2 heterocycles. The number of hydrogen-bond acceptors (Lipinski definition) is 5. The predicted octanol–water partition coefficient (Wildman–Crippen LogP) is 2.81. The van der Waals surface area contributed by atoms with Crippen LogP contribution < -0.4 is 10.2 Å². The summed E-state index contributed by atoms with van der Waals surface area (Å²) in [6, 6.07) is 8.22. The average molecular weight is 339 g/mol. The number of carbonyl (C=O) groups excluding carboxylic acids is 1. The molecule has 132 valence electrons. The summed E-state index contributed by atoms with van der Waals surface area (Å²) in [5, 5.41) is 3.45. The average Bonchev–Trinajstić information content (AvgIpc) is 2.58. The molecule has 0 aliphatic carbocycles. The number of amides is 1. The zero-order chi connectivity index (χ0) is 18.0. The first kappa shape index (κ1) is 17.2. The molecule has 1 N–H and O–H groups in total. The summed E-state index contributed by atoms with van der Waals surface area (Å²) in [5.41, 5.74) is 3.47. The first-order chi connectivity index (χ1) is 11.9. The van der Waals surface area contributed by atoms with Crippen LogP contribution in [0.3, 0.4) is 0 Å². The van der Waals surface area contributed by atoms with Crippen molar-refractivity contribution in [2.45, 2.75) is 27.7 Å². The summed E-state index contributed by atoms with van der Waals surface area (Å²) in [7, 11) is 0. The Morgan fingerprint density at radius 2 is 1.68 bits per heavy atom. The number of hydrogen-bond donors (Lipinski definition) is 1. The number of anilines is 3. The van der Waals surface area contributed by atoms with Crippen molar-refractivity contribution in [3.05, 3.63) is 41.2 Å². The van der Waals surface area contributed by atoms with Gasteiger partial charge in [-0.15, -0.1) is 0 Å². The van der Waals surface area contributed by atoms with Crippen LogP contribution >= 0.6 is 0 Å². The van der Waals surface area contributed by atoms with Gasteiger partial charge in [-0.2, -0.15) is 0 Å². The molecule has 1 aromatic heterocycles. The summed E-state index contributed by atoms with van der Waals surface area (Å²) in [6.45, 7) is 10.8. The standard InChI is InChI=1S/C19H25N5O/c1-13-6-5-7-14(2)19(13)22-17-12-18(21-15(3)20-17)24-10-8-23(9-11-24)16(4)25/h5-7,12H,8-11H2,1-4H3,(H,20,21,22). The zero-order valence-electron chi connectivity index (χ0n) is 15.3. The normalized spacial score (nSPS) is 14.6. The molecule has 0 saturated carbocycles. The lowest BCUT2D eigenvalue weighted by Gasteiger charge is -2.35. The highest BCUT2D eigenvalue weighted by Gasteiger charge is 2.20. The fourth-order valence-electron chi connectivity index (χ4n) is 3.17. The van der Waals surface area contributed by atoms with Gasteiger partial charge in [0.25, 0.3) is 0 Å². The van der Waals surface area contributed by atoms with E-state index in [9.17, 15) is 4.79 Å². The monoisotopic (exact) mass is 339 g/mol. The van der Waals surface area contributed by atoms with E-state index < -0.39 is 0 Å². The van der Waals surface area contributed by atoms with Gasteiger partial charge in [0, 0.05) is 44.9 Å². The second-order valence-corrected chi connectivity index (χ2v) is 6.54. The third kappa shape index (κ3) is 3.90. The molecule has 1 fully saturated rings. The van der Waals surface area contributed by atoms with Gasteiger partial charge in [-0.05, 0) is 31.9 Å². The molecule has 1 aliphatic rings. The minimum atomic E-state index is 0.135. The number of nitrogens with one attached hydrogen (secondary N) is 1. The lowest BCUT2D eigenvalue weighted by molar-refractivity contribution is -0.129. The van der Waals surface area contributed by atoms with Crippen molar-refractivity contribution in [2.75, 3.05) is 36.4 Å². The van der Waals surface area contributed by atoms with Crippen LogP contribution in [0.5, 0.6) is 0 Å². The van der Waals surface area contributed by atoms with Gasteiger partial charge in [-0.25, -0.2) is 9.97 Å². The van der Waals surface area contributed by atoms with E-state index >= 15 is 0 Å². The van der Waals surface area contributed by atoms with E-state index in [-0.39, 0.29) is 5.91 Å². The van der Waals surface area contributed by atoms with Gasteiger partial charge in [-0.3, -0.25) is 4.79 Å². The Morgan fingerprint density at radius 3 is 2.28 bits per heavy atom. The summed E-state index contributed by atoms with van der Waals surface area (Å²) in [4.78, 5) is 24.7. The molecule has 1 aliphatic heterocycles. The Kier molecular flexibility index (Phi) is 4.88. The van der Waals surface area contributed by atoms with Crippen LogP contribution in [-0.4, -0.2) is 47.0 Å². The van der Waals surface area contributed by atoms with Crippen LogP contribution in [0.25, 0.3) is 0 Å². The first-order valence-corrected chi connectivity index (χ1v) is 8.63. The molecule has 1 amide bonds. The van der Waals surface area contributed by atoms with Crippen LogP contribution in [0.15, 0.2) is 24.3 Å². The fraction of sp³-hybridized carbons (Fsp3) is 0.421. The van der Waals surface area contributed by atoms with E-state index in [0.717, 1.165) is 49.3 Å². The second kappa shape index (κ2) is 7.09. The molecule has 0 bridgehead atoms. The third-order valence-corrected chi connectivity index (χ3v) is 4.61. The highest BCUT2D eigenvalue weighted by molar-refractivity contribution is 5.73. The summed E-state index contributed by atoms with van der Waals surface area (Å²) < 4.78 is 0. The number of benzene rings is 1. The van der Waals surface area contributed by atoms with Crippen molar-refractivity contribution in [3.8, 4) is 0 Å². The Bertz CT molecular complexity index is 761. The van der Waals surface area contributed by atoms with Gasteiger partial charge in [0.15, 0.2) is 0 Å². The summed E-state index contributed by atoms with van der Waals surface area (Å²) in [6.07, 6.45) is 0. The Balaban J connectivity index is 1.81. The van der Waals surface area contributed by atoms with E-state index in [1.807, 2.05) is 17.9 Å². The largest absolute Gasteiger partial charge is 0.353 e. The van der Waals surface area contributed by atoms with Crippen molar-refractivity contribution in [1.29, 1.82) is 0 Å². The van der Waals surface area contributed by atoms with Crippen LogP contribution in [0.2, 0.25) is 0 Å². The summed E-state index contributed by atoms with van der Waals surface area (Å²) in [5.74, 6) is 2.58. The zero-order valence-corrected chi connectivity index (χ0v) is 15.3. The molecule has 0 radical (unpaired) electrons. The van der Waals surface area contributed by atoms with Crippen molar-refractivity contribution >= 4 is 23.2 Å². The minimum absolute atomic E-state index is 0.135. The van der Waals surface area contributed by atoms with Gasteiger partial charge >= 0.3 is 0 Å². The summed E-state index contributed by atoms with van der Waals surface area (Å²) >= 11 is 0. The second-order valence-electron chi connectivity index (χ2n) is 6.54. The highest BCUT2D eigenvalue weighted by Crippen LogP contribution is 2.25. The molecule has 25 heavy (non-hydrogen) atoms. The van der Waals surface area contributed by atoms with Crippen LogP contribution in [0.4, 0.5) is 17.3 Å². The number of para-hydroxylation sites is 1. The molecule has 1 aromatic carbocycles. The maximum atomic E-state index is 11.5. The topological polar surface area (TPSA) is 61.4 Å². The third-order valence-electron chi connectivity index (χ3n) is 4.61. The number of aryl methyl sites for hydroxylation is 3. The number of nitrogens with zero attached hydrogens (tertiary/aromatic N) is 4. The number of aromatic nitrogens is 2. The van der Waals surface area contributed by atoms with Crippen molar-refractivity contribution in [3.63, 3.8) is 0 Å². The van der Waals surface area contributed by atoms with E-state index in [2.05, 4.69) is 52.2 Å². The predicted molar refractivity (Wildman–Crippen MR) is 100 cm³/mol. The van der Waals surface area contributed by atoms with E-state index in [4.69, 9.17) is 0 Å².